The van der Waals surface area contributed by atoms with Gasteiger partial charge in [-0.05, 0) is 29.8 Å². The topological polar surface area (TPSA) is 87.9 Å². The molecule has 0 N–H and O–H groups in total. The molecule has 0 spiro atoms. The van der Waals surface area contributed by atoms with E-state index in [9.17, 15) is 14.3 Å². The maximum absolute atomic E-state index is 12.3. The molecule has 7 nitrogen and oxygen atoms in total. The molecule has 8 heteroatoms. The molecule has 0 aliphatic heterocycles. The second-order valence-electron chi connectivity index (χ2n) is 5.20. The minimum Gasteiger partial charge on any atom is -0.497 e. The molecule has 0 bridgehead atoms. The monoisotopic (exact) mass is 377 g/mol. The standard InChI is InChI=1S/C18H19NO6S/c1-23-15-6-4-13(5-7-15)12-26(22)9-8-14-10-17(24-2)18(25-3)11-16(14)19(20)21/h4-11H,12H2,1-3H3/b9-8+. The van der Waals surface area contributed by atoms with Gasteiger partial charge in [-0.1, -0.05) is 12.1 Å². The van der Waals surface area contributed by atoms with Crippen LogP contribution in [0.2, 0.25) is 0 Å². The molecule has 2 aromatic rings. The maximum atomic E-state index is 12.3. The second-order valence-corrected chi connectivity index (χ2v) is 6.52. The van der Waals surface area contributed by atoms with E-state index < -0.39 is 15.7 Å². The van der Waals surface area contributed by atoms with E-state index >= 15 is 0 Å². The fourth-order valence-electron chi connectivity index (χ4n) is 2.26. The molecule has 2 rings (SSSR count). The number of hydrogen-bond acceptors (Lipinski definition) is 6. The molecule has 1 atom stereocenters. The molecule has 26 heavy (non-hydrogen) atoms. The Balaban J connectivity index is 2.22. The summed E-state index contributed by atoms with van der Waals surface area (Å²) in [6.45, 7) is 0. The van der Waals surface area contributed by atoms with E-state index in [1.165, 1.54) is 37.8 Å². The van der Waals surface area contributed by atoms with E-state index in [4.69, 9.17) is 14.2 Å². The van der Waals surface area contributed by atoms with Crippen LogP contribution in [-0.2, 0) is 16.6 Å². The average molecular weight is 377 g/mol. The van der Waals surface area contributed by atoms with Crippen molar-refractivity contribution in [2.75, 3.05) is 21.3 Å². The van der Waals surface area contributed by atoms with Gasteiger partial charge in [0.25, 0.3) is 5.69 Å². The zero-order chi connectivity index (χ0) is 19.1. The van der Waals surface area contributed by atoms with Crippen molar-refractivity contribution in [3.05, 3.63) is 63.0 Å². The number of nitrogens with zero attached hydrogens (tertiary/aromatic N) is 1. The molecular formula is C18H19NO6S. The predicted molar refractivity (Wildman–Crippen MR) is 100 cm³/mol. The lowest BCUT2D eigenvalue weighted by Crippen LogP contribution is -1.97. The van der Waals surface area contributed by atoms with Crippen LogP contribution in [0.25, 0.3) is 6.08 Å². The molecule has 2 aromatic carbocycles. The summed E-state index contributed by atoms with van der Waals surface area (Å²) in [6.07, 6.45) is 1.46. The van der Waals surface area contributed by atoms with Gasteiger partial charge in [-0.2, -0.15) is 0 Å². The van der Waals surface area contributed by atoms with Gasteiger partial charge in [0, 0.05) is 5.41 Å². The Bertz CT molecular complexity index is 832. The number of benzene rings is 2. The highest BCUT2D eigenvalue weighted by atomic mass is 32.2. The van der Waals surface area contributed by atoms with Crippen molar-refractivity contribution in [2.45, 2.75) is 5.75 Å². The third kappa shape index (κ3) is 4.82. The van der Waals surface area contributed by atoms with Gasteiger partial charge in [0.2, 0.25) is 0 Å². The van der Waals surface area contributed by atoms with Crippen molar-refractivity contribution in [3.8, 4) is 17.2 Å². The Kier molecular flexibility index (Phi) is 6.74. The van der Waals surface area contributed by atoms with E-state index in [-0.39, 0.29) is 17.0 Å². The summed E-state index contributed by atoms with van der Waals surface area (Å²) in [5, 5.41) is 12.7. The molecule has 0 aliphatic carbocycles. The first-order valence-corrected chi connectivity index (χ1v) is 8.95. The zero-order valence-corrected chi connectivity index (χ0v) is 15.4. The summed E-state index contributed by atoms with van der Waals surface area (Å²) in [7, 11) is 3.09. The SMILES string of the molecule is COc1ccc(CS(=O)/C=C/c2cc(OC)c(OC)cc2[N+](=O)[O-])cc1. The minimum atomic E-state index is -1.33. The van der Waals surface area contributed by atoms with E-state index in [2.05, 4.69) is 0 Å². The van der Waals surface area contributed by atoms with Gasteiger partial charge in [0.05, 0.1) is 54.4 Å². The Hall–Kier alpha value is -2.87. The highest BCUT2D eigenvalue weighted by Crippen LogP contribution is 2.35. The number of hydrogen-bond donors (Lipinski definition) is 0. The average Bonchev–Trinajstić information content (AvgIpc) is 2.66. The Morgan fingerprint density at radius 2 is 1.65 bits per heavy atom. The Morgan fingerprint density at radius 1 is 1.04 bits per heavy atom. The summed E-state index contributed by atoms with van der Waals surface area (Å²) in [4.78, 5) is 10.8. The molecular weight excluding hydrogens is 358 g/mol. The first-order chi connectivity index (χ1) is 12.5. The van der Waals surface area contributed by atoms with Gasteiger partial charge in [-0.15, -0.1) is 0 Å². The predicted octanol–water partition coefficient (Wildman–Crippen LogP) is 3.54. The maximum Gasteiger partial charge on any atom is 0.280 e. The van der Waals surface area contributed by atoms with Crippen LogP contribution >= 0.6 is 0 Å². The second kappa shape index (κ2) is 9.00. The highest BCUT2D eigenvalue weighted by molar-refractivity contribution is 7.87. The smallest absolute Gasteiger partial charge is 0.280 e. The number of methoxy groups -OCH3 is 3. The number of rotatable bonds is 8. The van der Waals surface area contributed by atoms with Crippen molar-refractivity contribution < 1.29 is 23.3 Å². The fourth-order valence-corrected chi connectivity index (χ4v) is 3.17. The summed E-state index contributed by atoms with van der Waals surface area (Å²) in [5.41, 5.74) is 1.01. The fraction of sp³-hybridized carbons (Fsp3) is 0.222. The number of ether oxygens (including phenoxy) is 3. The largest absolute Gasteiger partial charge is 0.497 e. The van der Waals surface area contributed by atoms with Crippen molar-refractivity contribution in [3.63, 3.8) is 0 Å². The van der Waals surface area contributed by atoms with Crippen LogP contribution in [0.5, 0.6) is 17.2 Å². The van der Waals surface area contributed by atoms with Gasteiger partial charge in [-0.25, -0.2) is 0 Å². The molecule has 138 valence electrons. The lowest BCUT2D eigenvalue weighted by molar-refractivity contribution is -0.385. The molecule has 0 saturated carbocycles. The molecule has 0 aliphatic rings. The van der Waals surface area contributed by atoms with Gasteiger partial charge < -0.3 is 14.2 Å². The van der Waals surface area contributed by atoms with Crippen LogP contribution in [0.15, 0.2) is 41.8 Å². The molecule has 0 heterocycles. The summed E-state index contributed by atoms with van der Waals surface area (Å²) in [5.74, 6) is 1.63. The van der Waals surface area contributed by atoms with Crippen LogP contribution in [0.1, 0.15) is 11.1 Å². The minimum absolute atomic E-state index is 0.152. The summed E-state index contributed by atoms with van der Waals surface area (Å²) >= 11 is 0. The van der Waals surface area contributed by atoms with Crippen LogP contribution in [0, 0.1) is 10.1 Å². The molecule has 0 saturated heterocycles. The molecule has 0 aromatic heterocycles. The van der Waals surface area contributed by atoms with Crippen molar-refractivity contribution in [2.24, 2.45) is 0 Å². The van der Waals surface area contributed by atoms with Gasteiger partial charge in [0.15, 0.2) is 11.5 Å². The highest BCUT2D eigenvalue weighted by Gasteiger charge is 2.18. The Morgan fingerprint density at radius 3 is 2.19 bits per heavy atom. The lowest BCUT2D eigenvalue weighted by atomic mass is 10.1. The molecule has 0 amide bonds. The number of nitro benzene ring substituents is 1. The normalized spacial score (nSPS) is 12.0. The van der Waals surface area contributed by atoms with E-state index in [1.807, 2.05) is 12.1 Å². The van der Waals surface area contributed by atoms with E-state index in [1.54, 1.807) is 19.2 Å². The molecule has 0 fully saturated rings. The van der Waals surface area contributed by atoms with Crippen molar-refractivity contribution in [1.29, 1.82) is 0 Å². The van der Waals surface area contributed by atoms with Crippen LogP contribution in [-0.4, -0.2) is 30.5 Å². The third-order valence-corrected chi connectivity index (χ3v) is 4.65. The van der Waals surface area contributed by atoms with Crippen LogP contribution < -0.4 is 14.2 Å². The van der Waals surface area contributed by atoms with Crippen molar-refractivity contribution >= 4 is 22.6 Å². The zero-order valence-electron chi connectivity index (χ0n) is 14.6. The van der Waals surface area contributed by atoms with Gasteiger partial charge >= 0.3 is 0 Å². The summed E-state index contributed by atoms with van der Waals surface area (Å²) < 4.78 is 27.6. The third-order valence-electron chi connectivity index (χ3n) is 3.60. The van der Waals surface area contributed by atoms with Crippen LogP contribution in [0.4, 0.5) is 5.69 Å². The first-order valence-electron chi connectivity index (χ1n) is 7.57. The first kappa shape index (κ1) is 19.5. The lowest BCUT2D eigenvalue weighted by Gasteiger charge is -2.08. The number of nitro groups is 1. The van der Waals surface area contributed by atoms with E-state index in [0.717, 1.165) is 11.3 Å². The molecule has 1 unspecified atom stereocenters. The van der Waals surface area contributed by atoms with Crippen LogP contribution in [0.3, 0.4) is 0 Å². The molecule has 0 radical (unpaired) electrons. The summed E-state index contributed by atoms with van der Waals surface area (Å²) in [6, 6.07) is 9.99. The Labute approximate surface area is 153 Å². The van der Waals surface area contributed by atoms with Crippen molar-refractivity contribution in [1.82, 2.24) is 0 Å². The van der Waals surface area contributed by atoms with Gasteiger partial charge in [0.1, 0.15) is 5.75 Å². The van der Waals surface area contributed by atoms with E-state index in [0.29, 0.717) is 11.5 Å². The quantitative estimate of drug-likeness (QED) is 0.516. The van der Waals surface area contributed by atoms with Gasteiger partial charge in [-0.3, -0.25) is 14.3 Å².